The minimum Gasteiger partial charge on any atom is -0.383 e. The predicted octanol–water partition coefficient (Wildman–Crippen LogP) is 2.16. The molecule has 4 heteroatoms. The van der Waals surface area contributed by atoms with Crippen molar-refractivity contribution in [3.8, 4) is 0 Å². The van der Waals surface area contributed by atoms with Gasteiger partial charge in [-0.2, -0.15) is 0 Å². The summed E-state index contributed by atoms with van der Waals surface area (Å²) in [4.78, 5) is 12.0. The second kappa shape index (κ2) is 6.21. The molecule has 0 radical (unpaired) electrons. The first-order valence-corrected chi connectivity index (χ1v) is 6.70. The lowest BCUT2D eigenvalue weighted by atomic mass is 10.1. The molecule has 0 spiro atoms. The quantitative estimate of drug-likeness (QED) is 0.802. The number of halogens is 1. The molecule has 2 rings (SSSR count). The number of hydrogen-bond acceptors (Lipinski definition) is 2. The summed E-state index contributed by atoms with van der Waals surface area (Å²) in [7, 11) is 1.61. The lowest BCUT2D eigenvalue weighted by molar-refractivity contribution is -0.123. The maximum atomic E-state index is 12.0. The SMILES string of the molecule is COCC(CCl)NC(=O)C1CC1c1ccccc1. The Hall–Kier alpha value is -1.06. The summed E-state index contributed by atoms with van der Waals surface area (Å²) in [6, 6.07) is 10.1. The van der Waals surface area contributed by atoms with Crippen molar-refractivity contribution in [2.75, 3.05) is 19.6 Å². The molecule has 3 nitrogen and oxygen atoms in total. The van der Waals surface area contributed by atoms with Crippen molar-refractivity contribution in [1.82, 2.24) is 5.32 Å². The van der Waals surface area contributed by atoms with Crippen molar-refractivity contribution in [1.29, 1.82) is 0 Å². The maximum Gasteiger partial charge on any atom is 0.224 e. The molecular formula is C14H18ClNO2. The van der Waals surface area contributed by atoms with Crippen molar-refractivity contribution in [3.05, 3.63) is 35.9 Å². The van der Waals surface area contributed by atoms with Crippen LogP contribution in [-0.2, 0) is 9.53 Å². The number of amides is 1. The maximum absolute atomic E-state index is 12.0. The molecule has 18 heavy (non-hydrogen) atoms. The zero-order chi connectivity index (χ0) is 13.0. The van der Waals surface area contributed by atoms with Crippen molar-refractivity contribution < 1.29 is 9.53 Å². The monoisotopic (exact) mass is 267 g/mol. The summed E-state index contributed by atoms with van der Waals surface area (Å²) in [6.07, 6.45) is 0.928. The van der Waals surface area contributed by atoms with Crippen LogP contribution in [0.15, 0.2) is 30.3 Å². The van der Waals surface area contributed by atoms with Gasteiger partial charge >= 0.3 is 0 Å². The number of hydrogen-bond donors (Lipinski definition) is 1. The van der Waals surface area contributed by atoms with E-state index in [9.17, 15) is 4.79 Å². The van der Waals surface area contributed by atoms with Gasteiger partial charge in [-0.05, 0) is 17.9 Å². The van der Waals surface area contributed by atoms with E-state index in [4.69, 9.17) is 16.3 Å². The molecule has 0 aromatic heterocycles. The normalized spacial score (nSPS) is 23.4. The molecule has 1 amide bonds. The smallest absolute Gasteiger partial charge is 0.224 e. The Bertz CT molecular complexity index is 396. The van der Waals surface area contributed by atoms with E-state index in [1.807, 2.05) is 18.2 Å². The number of ether oxygens (including phenoxy) is 1. The molecule has 1 N–H and O–H groups in total. The topological polar surface area (TPSA) is 38.3 Å². The van der Waals surface area contributed by atoms with Gasteiger partial charge in [-0.15, -0.1) is 11.6 Å². The Morgan fingerprint density at radius 2 is 2.22 bits per heavy atom. The minimum atomic E-state index is -0.0961. The fraction of sp³-hybridized carbons (Fsp3) is 0.500. The van der Waals surface area contributed by atoms with E-state index in [0.29, 0.717) is 18.4 Å². The first-order chi connectivity index (χ1) is 8.76. The highest BCUT2D eigenvalue weighted by Gasteiger charge is 2.44. The van der Waals surface area contributed by atoms with Crippen molar-refractivity contribution in [2.45, 2.75) is 18.4 Å². The Balaban J connectivity index is 1.86. The van der Waals surface area contributed by atoms with E-state index in [1.165, 1.54) is 5.56 Å². The average molecular weight is 268 g/mol. The van der Waals surface area contributed by atoms with Crippen LogP contribution in [0.2, 0.25) is 0 Å². The molecular weight excluding hydrogens is 250 g/mol. The van der Waals surface area contributed by atoms with Crippen LogP contribution in [-0.4, -0.2) is 31.5 Å². The number of alkyl halides is 1. The highest BCUT2D eigenvalue weighted by atomic mass is 35.5. The van der Waals surface area contributed by atoms with Gasteiger partial charge in [0, 0.05) is 18.9 Å². The van der Waals surface area contributed by atoms with Gasteiger partial charge in [0.1, 0.15) is 0 Å². The van der Waals surface area contributed by atoms with Crippen LogP contribution >= 0.6 is 11.6 Å². The van der Waals surface area contributed by atoms with Crippen LogP contribution in [0.5, 0.6) is 0 Å². The van der Waals surface area contributed by atoms with Crippen LogP contribution in [0.3, 0.4) is 0 Å². The molecule has 0 saturated heterocycles. The Kier molecular flexibility index (Phi) is 4.61. The van der Waals surface area contributed by atoms with Crippen LogP contribution < -0.4 is 5.32 Å². The number of methoxy groups -OCH3 is 1. The molecule has 1 aliphatic carbocycles. The third kappa shape index (κ3) is 3.24. The number of rotatable bonds is 6. The third-order valence-electron chi connectivity index (χ3n) is 3.26. The number of nitrogens with one attached hydrogen (secondary N) is 1. The summed E-state index contributed by atoms with van der Waals surface area (Å²) in [5, 5.41) is 2.93. The van der Waals surface area contributed by atoms with Gasteiger partial charge in [0.2, 0.25) is 5.91 Å². The van der Waals surface area contributed by atoms with E-state index >= 15 is 0 Å². The predicted molar refractivity (Wildman–Crippen MR) is 71.8 cm³/mol. The van der Waals surface area contributed by atoms with Gasteiger partial charge in [-0.1, -0.05) is 30.3 Å². The third-order valence-corrected chi connectivity index (χ3v) is 3.63. The van der Waals surface area contributed by atoms with Crippen molar-refractivity contribution in [3.63, 3.8) is 0 Å². The van der Waals surface area contributed by atoms with Crippen molar-refractivity contribution in [2.24, 2.45) is 5.92 Å². The zero-order valence-electron chi connectivity index (χ0n) is 10.4. The summed E-state index contributed by atoms with van der Waals surface area (Å²) >= 11 is 5.77. The molecule has 1 aliphatic rings. The summed E-state index contributed by atoms with van der Waals surface area (Å²) in [6.45, 7) is 0.456. The fourth-order valence-corrected chi connectivity index (χ4v) is 2.35. The first kappa shape index (κ1) is 13.4. The molecule has 0 heterocycles. The van der Waals surface area contributed by atoms with Crippen LogP contribution in [0.1, 0.15) is 17.9 Å². The number of carbonyl (C=O) groups is 1. The van der Waals surface area contributed by atoms with E-state index < -0.39 is 0 Å². The number of carbonyl (C=O) groups excluding carboxylic acids is 1. The molecule has 1 aromatic rings. The van der Waals surface area contributed by atoms with E-state index in [-0.39, 0.29) is 17.9 Å². The van der Waals surface area contributed by atoms with Crippen LogP contribution in [0.4, 0.5) is 0 Å². The van der Waals surface area contributed by atoms with E-state index in [1.54, 1.807) is 7.11 Å². The van der Waals surface area contributed by atoms with Crippen LogP contribution in [0.25, 0.3) is 0 Å². The molecule has 98 valence electrons. The zero-order valence-corrected chi connectivity index (χ0v) is 11.2. The first-order valence-electron chi connectivity index (χ1n) is 6.16. The molecule has 3 atom stereocenters. The van der Waals surface area contributed by atoms with Gasteiger partial charge in [0.05, 0.1) is 12.6 Å². The molecule has 1 fully saturated rings. The minimum absolute atomic E-state index is 0.0894. The van der Waals surface area contributed by atoms with Gasteiger partial charge < -0.3 is 10.1 Å². The lowest BCUT2D eigenvalue weighted by Gasteiger charge is -2.14. The van der Waals surface area contributed by atoms with Gasteiger partial charge in [-0.25, -0.2) is 0 Å². The van der Waals surface area contributed by atoms with Gasteiger partial charge in [0.15, 0.2) is 0 Å². The van der Waals surface area contributed by atoms with Gasteiger partial charge in [-0.3, -0.25) is 4.79 Å². The Morgan fingerprint density at radius 1 is 1.50 bits per heavy atom. The van der Waals surface area contributed by atoms with Gasteiger partial charge in [0.25, 0.3) is 0 Å². The van der Waals surface area contributed by atoms with E-state index in [2.05, 4.69) is 17.4 Å². The molecule has 1 aromatic carbocycles. The summed E-state index contributed by atoms with van der Waals surface area (Å²) in [5.41, 5.74) is 1.24. The second-order valence-corrected chi connectivity index (χ2v) is 4.98. The summed E-state index contributed by atoms with van der Waals surface area (Å²) < 4.78 is 5.01. The molecule has 0 aliphatic heterocycles. The molecule has 0 bridgehead atoms. The van der Waals surface area contributed by atoms with Crippen molar-refractivity contribution >= 4 is 17.5 Å². The standard InChI is InChI=1S/C14H18ClNO2/c1-18-9-11(8-15)16-14(17)13-7-12(13)10-5-3-2-4-6-10/h2-6,11-13H,7-9H2,1H3,(H,16,17). The Morgan fingerprint density at radius 3 is 2.83 bits per heavy atom. The largest absolute Gasteiger partial charge is 0.383 e. The Labute approximate surface area is 112 Å². The summed E-state index contributed by atoms with van der Waals surface area (Å²) in [5.74, 6) is 0.925. The van der Waals surface area contributed by atoms with Crippen LogP contribution in [0, 0.1) is 5.92 Å². The fourth-order valence-electron chi connectivity index (χ4n) is 2.19. The molecule has 1 saturated carbocycles. The number of benzene rings is 1. The highest BCUT2D eigenvalue weighted by molar-refractivity contribution is 6.18. The highest BCUT2D eigenvalue weighted by Crippen LogP contribution is 2.47. The average Bonchev–Trinajstić information content (AvgIpc) is 3.19. The van der Waals surface area contributed by atoms with E-state index in [0.717, 1.165) is 6.42 Å². The lowest BCUT2D eigenvalue weighted by Crippen LogP contribution is -2.40. The second-order valence-electron chi connectivity index (χ2n) is 4.67. The molecule has 3 unspecified atom stereocenters.